The van der Waals surface area contributed by atoms with Crippen LogP contribution in [-0.2, 0) is 4.79 Å². The molecule has 1 aromatic rings. The standard InChI is InChI=1S/C15H23N3O2/c1-18(12-6-7-12)9-3-4-15(19)17-13-10-11(16)5-8-14(13)20-2/h5,8,10,12H,3-4,6-7,9,16H2,1-2H3,(H,17,19). The number of carbonyl (C=O) groups is 1. The Kier molecular flexibility index (Phi) is 4.84. The molecule has 0 unspecified atom stereocenters. The van der Waals surface area contributed by atoms with Crippen molar-refractivity contribution in [3.8, 4) is 5.75 Å². The summed E-state index contributed by atoms with van der Waals surface area (Å²) in [4.78, 5) is 14.3. The van der Waals surface area contributed by atoms with E-state index in [1.54, 1.807) is 25.3 Å². The van der Waals surface area contributed by atoms with Crippen molar-refractivity contribution >= 4 is 17.3 Å². The highest BCUT2D eigenvalue weighted by Crippen LogP contribution is 2.27. The van der Waals surface area contributed by atoms with Crippen LogP contribution >= 0.6 is 0 Å². The van der Waals surface area contributed by atoms with Crippen LogP contribution in [0.4, 0.5) is 11.4 Å². The smallest absolute Gasteiger partial charge is 0.224 e. The average Bonchev–Trinajstić information content (AvgIpc) is 3.23. The molecule has 1 fully saturated rings. The molecule has 0 spiro atoms. The summed E-state index contributed by atoms with van der Waals surface area (Å²) in [6.07, 6.45) is 3.96. The third kappa shape index (κ3) is 4.13. The lowest BCUT2D eigenvalue weighted by Gasteiger charge is -2.15. The molecule has 20 heavy (non-hydrogen) atoms. The third-order valence-corrected chi connectivity index (χ3v) is 3.58. The minimum atomic E-state index is -0.00176. The molecule has 0 aromatic heterocycles. The molecule has 0 heterocycles. The van der Waals surface area contributed by atoms with Crippen LogP contribution in [0.2, 0.25) is 0 Å². The number of nitrogens with two attached hydrogens (primary N) is 1. The van der Waals surface area contributed by atoms with Gasteiger partial charge in [-0.1, -0.05) is 0 Å². The molecule has 1 aliphatic carbocycles. The predicted octanol–water partition coefficient (Wildman–Crippen LogP) is 2.09. The van der Waals surface area contributed by atoms with Gasteiger partial charge in [0.15, 0.2) is 0 Å². The number of nitrogen functional groups attached to an aromatic ring is 1. The Morgan fingerprint density at radius 3 is 2.90 bits per heavy atom. The van der Waals surface area contributed by atoms with Crippen LogP contribution in [-0.4, -0.2) is 37.6 Å². The lowest BCUT2D eigenvalue weighted by molar-refractivity contribution is -0.116. The van der Waals surface area contributed by atoms with E-state index in [1.807, 2.05) is 0 Å². The normalized spacial score (nSPS) is 14.3. The van der Waals surface area contributed by atoms with Gasteiger partial charge in [-0.05, 0) is 51.1 Å². The van der Waals surface area contributed by atoms with E-state index in [1.165, 1.54) is 12.8 Å². The van der Waals surface area contributed by atoms with Gasteiger partial charge in [-0.15, -0.1) is 0 Å². The molecular weight excluding hydrogens is 254 g/mol. The van der Waals surface area contributed by atoms with Crippen molar-refractivity contribution in [3.63, 3.8) is 0 Å². The van der Waals surface area contributed by atoms with Crippen LogP contribution in [0, 0.1) is 0 Å². The Morgan fingerprint density at radius 1 is 1.50 bits per heavy atom. The predicted molar refractivity (Wildman–Crippen MR) is 80.9 cm³/mol. The van der Waals surface area contributed by atoms with Gasteiger partial charge in [0.2, 0.25) is 5.91 Å². The summed E-state index contributed by atoms with van der Waals surface area (Å²) >= 11 is 0. The minimum absolute atomic E-state index is 0.00176. The van der Waals surface area contributed by atoms with Crippen LogP contribution in [0.5, 0.6) is 5.75 Å². The van der Waals surface area contributed by atoms with Gasteiger partial charge in [-0.25, -0.2) is 0 Å². The molecule has 2 rings (SSSR count). The van der Waals surface area contributed by atoms with Gasteiger partial charge in [0, 0.05) is 18.2 Å². The van der Waals surface area contributed by atoms with E-state index in [4.69, 9.17) is 10.5 Å². The lowest BCUT2D eigenvalue weighted by Crippen LogP contribution is -2.23. The molecule has 3 N–H and O–H groups in total. The quantitative estimate of drug-likeness (QED) is 0.749. The maximum atomic E-state index is 11.9. The first-order valence-electron chi connectivity index (χ1n) is 7.03. The van der Waals surface area contributed by atoms with Crippen molar-refractivity contribution in [1.82, 2.24) is 4.90 Å². The van der Waals surface area contributed by atoms with Crippen LogP contribution in [0.15, 0.2) is 18.2 Å². The van der Waals surface area contributed by atoms with Gasteiger partial charge >= 0.3 is 0 Å². The number of carbonyl (C=O) groups excluding carboxylic acids is 1. The number of benzene rings is 1. The molecule has 5 nitrogen and oxygen atoms in total. The summed E-state index contributed by atoms with van der Waals surface area (Å²) in [5, 5.41) is 2.86. The first-order chi connectivity index (χ1) is 9.60. The van der Waals surface area contributed by atoms with Crippen molar-refractivity contribution in [3.05, 3.63) is 18.2 Å². The molecule has 5 heteroatoms. The highest BCUT2D eigenvalue weighted by atomic mass is 16.5. The zero-order valence-corrected chi connectivity index (χ0v) is 12.2. The maximum Gasteiger partial charge on any atom is 0.224 e. The van der Waals surface area contributed by atoms with E-state index in [9.17, 15) is 4.79 Å². The molecule has 0 aliphatic heterocycles. The monoisotopic (exact) mass is 277 g/mol. The molecule has 1 aliphatic rings. The van der Waals surface area contributed by atoms with E-state index in [-0.39, 0.29) is 5.91 Å². The zero-order chi connectivity index (χ0) is 14.5. The second-order valence-corrected chi connectivity index (χ2v) is 5.32. The molecule has 1 amide bonds. The van der Waals surface area contributed by atoms with Crippen molar-refractivity contribution in [2.45, 2.75) is 31.7 Å². The molecule has 110 valence electrons. The summed E-state index contributed by atoms with van der Waals surface area (Å²) < 4.78 is 5.21. The summed E-state index contributed by atoms with van der Waals surface area (Å²) in [6.45, 7) is 0.964. The van der Waals surface area contributed by atoms with Crippen LogP contribution in [0.3, 0.4) is 0 Å². The number of methoxy groups -OCH3 is 1. The van der Waals surface area contributed by atoms with Gasteiger partial charge in [-0.2, -0.15) is 0 Å². The number of anilines is 2. The van der Waals surface area contributed by atoms with Crippen molar-refractivity contribution in [2.75, 3.05) is 31.8 Å². The van der Waals surface area contributed by atoms with E-state index >= 15 is 0 Å². The molecule has 1 aromatic carbocycles. The fourth-order valence-electron chi connectivity index (χ4n) is 2.22. The summed E-state index contributed by atoms with van der Waals surface area (Å²) in [5.74, 6) is 0.626. The fourth-order valence-corrected chi connectivity index (χ4v) is 2.22. The Balaban J connectivity index is 1.79. The largest absolute Gasteiger partial charge is 0.495 e. The van der Waals surface area contributed by atoms with Gasteiger partial charge in [0.05, 0.1) is 12.8 Å². The van der Waals surface area contributed by atoms with E-state index in [2.05, 4.69) is 17.3 Å². The Morgan fingerprint density at radius 2 is 2.25 bits per heavy atom. The summed E-state index contributed by atoms with van der Waals surface area (Å²) in [6, 6.07) is 5.96. The minimum Gasteiger partial charge on any atom is -0.495 e. The second kappa shape index (κ2) is 6.61. The van der Waals surface area contributed by atoms with Gasteiger partial charge in [-0.3, -0.25) is 4.79 Å². The Labute approximate surface area is 120 Å². The Hall–Kier alpha value is -1.75. The summed E-state index contributed by atoms with van der Waals surface area (Å²) in [5.41, 5.74) is 6.96. The highest BCUT2D eigenvalue weighted by molar-refractivity contribution is 5.92. The van der Waals surface area contributed by atoms with Crippen LogP contribution in [0.1, 0.15) is 25.7 Å². The van der Waals surface area contributed by atoms with Crippen LogP contribution < -0.4 is 15.8 Å². The molecule has 0 saturated heterocycles. The molecular formula is C15H23N3O2. The topological polar surface area (TPSA) is 67.6 Å². The van der Waals surface area contributed by atoms with Crippen LogP contribution in [0.25, 0.3) is 0 Å². The number of rotatable bonds is 7. The number of amides is 1. The second-order valence-electron chi connectivity index (χ2n) is 5.32. The fraction of sp³-hybridized carbons (Fsp3) is 0.533. The van der Waals surface area contributed by atoms with Crippen molar-refractivity contribution in [1.29, 1.82) is 0 Å². The van der Waals surface area contributed by atoms with Gasteiger partial charge in [0.25, 0.3) is 0 Å². The zero-order valence-electron chi connectivity index (χ0n) is 12.2. The lowest BCUT2D eigenvalue weighted by atomic mass is 10.2. The van der Waals surface area contributed by atoms with E-state index in [0.29, 0.717) is 23.5 Å². The number of nitrogens with one attached hydrogen (secondary N) is 1. The average molecular weight is 277 g/mol. The molecule has 1 saturated carbocycles. The number of nitrogens with zero attached hydrogens (tertiary/aromatic N) is 1. The molecule has 0 bridgehead atoms. The van der Waals surface area contributed by atoms with E-state index < -0.39 is 0 Å². The summed E-state index contributed by atoms with van der Waals surface area (Å²) in [7, 11) is 3.70. The first kappa shape index (κ1) is 14.7. The Bertz CT molecular complexity index is 472. The van der Waals surface area contributed by atoms with Crippen molar-refractivity contribution in [2.24, 2.45) is 0 Å². The number of ether oxygens (including phenoxy) is 1. The van der Waals surface area contributed by atoms with E-state index in [0.717, 1.165) is 19.0 Å². The number of hydrogen-bond acceptors (Lipinski definition) is 4. The highest BCUT2D eigenvalue weighted by Gasteiger charge is 2.25. The molecule has 0 radical (unpaired) electrons. The first-order valence-corrected chi connectivity index (χ1v) is 7.03. The maximum absolute atomic E-state index is 11.9. The number of hydrogen-bond donors (Lipinski definition) is 2. The van der Waals surface area contributed by atoms with Gasteiger partial charge in [0.1, 0.15) is 5.75 Å². The third-order valence-electron chi connectivity index (χ3n) is 3.58. The SMILES string of the molecule is COc1ccc(N)cc1NC(=O)CCCN(C)C1CC1. The van der Waals surface area contributed by atoms with Gasteiger partial charge < -0.3 is 20.7 Å². The van der Waals surface area contributed by atoms with Crippen molar-refractivity contribution < 1.29 is 9.53 Å². The molecule has 0 atom stereocenters.